The standard InChI is InChI=1S/C17H13ClN6O4/c18-11-3-1-2-4-12(11)21-17-14(15(19)26)16(22-23-17)20-8-9-7-10(25)5-6-13(9)24(27)28/h1-8,25H,(H2,19,26)(H2,21,22,23)/b20-8+. The molecule has 0 saturated carbocycles. The van der Waals surface area contributed by atoms with E-state index in [9.17, 15) is 20.0 Å². The molecule has 0 saturated heterocycles. The van der Waals surface area contributed by atoms with Crippen molar-refractivity contribution in [2.24, 2.45) is 10.7 Å². The van der Waals surface area contributed by atoms with E-state index < -0.39 is 10.8 Å². The molecule has 0 aliphatic carbocycles. The molecule has 5 N–H and O–H groups in total. The Morgan fingerprint density at radius 3 is 2.79 bits per heavy atom. The van der Waals surface area contributed by atoms with Gasteiger partial charge in [0.25, 0.3) is 11.6 Å². The number of nitro groups is 1. The molecule has 0 atom stereocenters. The minimum absolute atomic E-state index is 0.0142. The molecule has 3 aromatic rings. The van der Waals surface area contributed by atoms with Crippen molar-refractivity contribution in [3.63, 3.8) is 0 Å². The Morgan fingerprint density at radius 2 is 2.11 bits per heavy atom. The number of nitrogens with two attached hydrogens (primary N) is 1. The first-order valence-corrected chi connectivity index (χ1v) is 8.16. The van der Waals surface area contributed by atoms with Crippen molar-refractivity contribution in [2.75, 3.05) is 5.32 Å². The number of halogens is 1. The van der Waals surface area contributed by atoms with Crippen molar-refractivity contribution < 1.29 is 14.8 Å². The van der Waals surface area contributed by atoms with Gasteiger partial charge in [0.05, 0.1) is 21.2 Å². The number of phenols is 1. The number of aromatic hydroxyl groups is 1. The highest BCUT2D eigenvalue weighted by Gasteiger charge is 2.19. The van der Waals surface area contributed by atoms with Crippen LogP contribution in [0.15, 0.2) is 47.5 Å². The van der Waals surface area contributed by atoms with Gasteiger partial charge in [0, 0.05) is 12.3 Å². The molecular weight excluding hydrogens is 388 g/mol. The molecule has 0 radical (unpaired) electrons. The number of phenolic OH excluding ortho intramolecular Hbond substituents is 1. The SMILES string of the molecule is NC(=O)c1c(Nc2ccccc2Cl)n[nH]c1/N=C/c1cc(O)ccc1[N+](=O)[O-]. The molecule has 11 heteroatoms. The fraction of sp³-hybridized carbons (Fsp3) is 0. The number of hydrogen-bond donors (Lipinski definition) is 4. The molecule has 3 rings (SSSR count). The van der Waals surface area contributed by atoms with Crippen LogP contribution in [0.3, 0.4) is 0 Å². The number of H-pyrrole nitrogens is 1. The number of benzene rings is 2. The van der Waals surface area contributed by atoms with Gasteiger partial charge >= 0.3 is 0 Å². The summed E-state index contributed by atoms with van der Waals surface area (Å²) in [5, 5.41) is 30.5. The van der Waals surface area contributed by atoms with E-state index in [4.69, 9.17) is 17.3 Å². The van der Waals surface area contributed by atoms with Gasteiger partial charge in [-0.05, 0) is 24.3 Å². The van der Waals surface area contributed by atoms with E-state index in [1.165, 1.54) is 12.1 Å². The first-order valence-electron chi connectivity index (χ1n) is 7.78. The molecule has 1 amide bonds. The second-order valence-corrected chi connectivity index (χ2v) is 5.93. The van der Waals surface area contributed by atoms with E-state index in [2.05, 4.69) is 20.5 Å². The summed E-state index contributed by atoms with van der Waals surface area (Å²) < 4.78 is 0. The molecule has 0 aliphatic rings. The number of amides is 1. The van der Waals surface area contributed by atoms with Crippen LogP contribution in [0.2, 0.25) is 5.02 Å². The second-order valence-electron chi connectivity index (χ2n) is 5.52. The van der Waals surface area contributed by atoms with Crippen molar-refractivity contribution >= 4 is 46.7 Å². The van der Waals surface area contributed by atoms with Gasteiger partial charge in [0.2, 0.25) is 0 Å². The highest BCUT2D eigenvalue weighted by atomic mass is 35.5. The molecule has 0 aliphatic heterocycles. The van der Waals surface area contributed by atoms with Crippen LogP contribution in [0, 0.1) is 10.1 Å². The first kappa shape index (κ1) is 18.9. The van der Waals surface area contributed by atoms with E-state index in [1.54, 1.807) is 24.3 Å². The molecule has 0 fully saturated rings. The second kappa shape index (κ2) is 7.76. The van der Waals surface area contributed by atoms with Crippen LogP contribution in [-0.4, -0.2) is 32.3 Å². The molecule has 142 valence electrons. The molecule has 1 heterocycles. The number of nitro benzene ring substituents is 1. The number of nitrogens with zero attached hydrogens (tertiary/aromatic N) is 3. The number of anilines is 2. The molecule has 1 aromatic heterocycles. The number of aromatic nitrogens is 2. The minimum Gasteiger partial charge on any atom is -0.508 e. The van der Waals surface area contributed by atoms with Crippen LogP contribution in [0.4, 0.5) is 23.0 Å². The fourth-order valence-electron chi connectivity index (χ4n) is 2.39. The topological polar surface area (TPSA) is 160 Å². The zero-order valence-corrected chi connectivity index (χ0v) is 14.8. The Balaban J connectivity index is 1.98. The summed E-state index contributed by atoms with van der Waals surface area (Å²) in [4.78, 5) is 26.4. The summed E-state index contributed by atoms with van der Waals surface area (Å²) >= 11 is 6.08. The van der Waals surface area contributed by atoms with Crippen molar-refractivity contribution in [1.82, 2.24) is 10.2 Å². The smallest absolute Gasteiger partial charge is 0.278 e. The summed E-state index contributed by atoms with van der Waals surface area (Å²) in [5.74, 6) is -0.911. The molecule has 0 spiro atoms. The molecule has 0 unspecified atom stereocenters. The largest absolute Gasteiger partial charge is 0.508 e. The maximum atomic E-state index is 11.9. The zero-order chi connectivity index (χ0) is 20.3. The Bertz CT molecular complexity index is 1100. The van der Waals surface area contributed by atoms with Crippen LogP contribution in [0.1, 0.15) is 15.9 Å². The van der Waals surface area contributed by atoms with Crippen molar-refractivity contribution in [3.8, 4) is 5.75 Å². The van der Waals surface area contributed by atoms with Crippen molar-refractivity contribution in [3.05, 3.63) is 68.7 Å². The summed E-state index contributed by atoms with van der Waals surface area (Å²) in [6, 6.07) is 10.3. The van der Waals surface area contributed by atoms with Gasteiger partial charge in [0.15, 0.2) is 11.6 Å². The van der Waals surface area contributed by atoms with E-state index in [1.807, 2.05) is 0 Å². The first-order chi connectivity index (χ1) is 13.4. The maximum Gasteiger partial charge on any atom is 0.278 e. The number of aliphatic imine (C=N–C) groups is 1. The van der Waals surface area contributed by atoms with E-state index >= 15 is 0 Å². The predicted octanol–water partition coefficient (Wildman–Crippen LogP) is 3.27. The summed E-state index contributed by atoms with van der Waals surface area (Å²) in [6.07, 6.45) is 1.12. The van der Waals surface area contributed by atoms with E-state index in [0.717, 1.165) is 12.3 Å². The summed E-state index contributed by atoms with van der Waals surface area (Å²) in [5.41, 5.74) is 5.64. The highest BCUT2D eigenvalue weighted by molar-refractivity contribution is 6.33. The lowest BCUT2D eigenvalue weighted by atomic mass is 10.2. The maximum absolute atomic E-state index is 11.9. The van der Waals surface area contributed by atoms with Crippen LogP contribution >= 0.6 is 11.6 Å². The van der Waals surface area contributed by atoms with Gasteiger partial charge in [0.1, 0.15) is 11.3 Å². The van der Waals surface area contributed by atoms with E-state index in [0.29, 0.717) is 10.7 Å². The van der Waals surface area contributed by atoms with Gasteiger partial charge in [-0.3, -0.25) is 20.0 Å². The van der Waals surface area contributed by atoms with Gasteiger partial charge in [-0.1, -0.05) is 23.7 Å². The molecule has 0 bridgehead atoms. The Kier molecular flexibility index (Phi) is 5.23. The number of primary amides is 1. The number of nitrogens with one attached hydrogen (secondary N) is 2. The Morgan fingerprint density at radius 1 is 1.36 bits per heavy atom. The summed E-state index contributed by atoms with van der Waals surface area (Å²) in [6.45, 7) is 0. The van der Waals surface area contributed by atoms with Crippen molar-refractivity contribution in [1.29, 1.82) is 0 Å². The van der Waals surface area contributed by atoms with Gasteiger partial charge < -0.3 is 16.2 Å². The third kappa shape index (κ3) is 3.91. The normalized spacial score (nSPS) is 10.9. The number of rotatable bonds is 6. The highest BCUT2D eigenvalue weighted by Crippen LogP contribution is 2.30. The number of aromatic amines is 1. The average molecular weight is 401 g/mol. The van der Waals surface area contributed by atoms with Crippen molar-refractivity contribution in [2.45, 2.75) is 0 Å². The molecule has 28 heavy (non-hydrogen) atoms. The predicted molar refractivity (Wildman–Crippen MR) is 104 cm³/mol. The molecule has 10 nitrogen and oxygen atoms in total. The third-order valence-electron chi connectivity index (χ3n) is 3.66. The molecular formula is C17H13ClN6O4. The lowest BCUT2D eigenvalue weighted by Crippen LogP contribution is -2.12. The van der Waals surface area contributed by atoms with Crippen LogP contribution in [-0.2, 0) is 0 Å². The van der Waals surface area contributed by atoms with Gasteiger partial charge in [-0.15, -0.1) is 0 Å². The number of carbonyl (C=O) groups is 1. The minimum atomic E-state index is -0.819. The monoisotopic (exact) mass is 400 g/mol. The van der Waals surface area contributed by atoms with E-state index in [-0.39, 0.29) is 34.2 Å². The fourth-order valence-corrected chi connectivity index (χ4v) is 2.57. The lowest BCUT2D eigenvalue weighted by molar-refractivity contribution is -0.385. The third-order valence-corrected chi connectivity index (χ3v) is 3.99. The van der Waals surface area contributed by atoms with Crippen LogP contribution in [0.5, 0.6) is 5.75 Å². The zero-order valence-electron chi connectivity index (χ0n) is 14.1. The van der Waals surface area contributed by atoms with Crippen LogP contribution in [0.25, 0.3) is 0 Å². The van der Waals surface area contributed by atoms with Gasteiger partial charge in [-0.2, -0.15) is 5.10 Å². The van der Waals surface area contributed by atoms with Gasteiger partial charge in [-0.25, -0.2) is 4.99 Å². The summed E-state index contributed by atoms with van der Waals surface area (Å²) in [7, 11) is 0. The number of para-hydroxylation sites is 1. The number of carbonyl (C=O) groups excluding carboxylic acids is 1. The Hall–Kier alpha value is -3.92. The Labute approximate surface area is 162 Å². The van der Waals surface area contributed by atoms with Crippen LogP contribution < -0.4 is 11.1 Å². The number of hydrogen-bond acceptors (Lipinski definition) is 7. The average Bonchev–Trinajstić information content (AvgIpc) is 3.04. The lowest BCUT2D eigenvalue weighted by Gasteiger charge is -2.06. The quantitative estimate of drug-likeness (QED) is 0.282. The molecule has 2 aromatic carbocycles.